The van der Waals surface area contributed by atoms with Crippen LogP contribution >= 0.6 is 0 Å². The summed E-state index contributed by atoms with van der Waals surface area (Å²) in [6.45, 7) is 4.49. The summed E-state index contributed by atoms with van der Waals surface area (Å²) in [5, 5.41) is 11.1. The molecule has 1 aliphatic rings. The maximum absolute atomic E-state index is 11.1. The highest BCUT2D eigenvalue weighted by atomic mass is 16.3. The van der Waals surface area contributed by atoms with Crippen molar-refractivity contribution in [3.63, 3.8) is 0 Å². The van der Waals surface area contributed by atoms with E-state index in [0.717, 1.165) is 24.8 Å². The molecule has 0 heterocycles. The van der Waals surface area contributed by atoms with Crippen LogP contribution in [0.1, 0.15) is 88.9 Å². The van der Waals surface area contributed by atoms with E-state index in [4.69, 9.17) is 0 Å². The summed E-state index contributed by atoms with van der Waals surface area (Å²) in [7, 11) is 0. The molecule has 1 saturated carbocycles. The molecular weight excluding hydrogens is 328 g/mol. The van der Waals surface area contributed by atoms with Crippen LogP contribution in [0.5, 0.6) is 0 Å². The summed E-state index contributed by atoms with van der Waals surface area (Å²) in [6.07, 6.45) is 11.9. The Labute approximate surface area is 165 Å². The summed E-state index contributed by atoms with van der Waals surface area (Å²) in [6, 6.07) is 17.6. The highest BCUT2D eigenvalue weighted by molar-refractivity contribution is 5.65. The van der Waals surface area contributed by atoms with Gasteiger partial charge < -0.3 is 5.11 Å². The molecule has 2 aromatic carbocycles. The van der Waals surface area contributed by atoms with Crippen LogP contribution in [0, 0.1) is 5.41 Å². The third-order valence-electron chi connectivity index (χ3n) is 6.46. The van der Waals surface area contributed by atoms with Crippen molar-refractivity contribution in [2.75, 3.05) is 0 Å². The fourth-order valence-corrected chi connectivity index (χ4v) is 4.69. The van der Waals surface area contributed by atoms with Gasteiger partial charge in [0.1, 0.15) is 0 Å². The van der Waals surface area contributed by atoms with E-state index in [1.165, 1.54) is 61.6 Å². The Bertz CT molecular complexity index is 714. The smallest absolute Gasteiger partial charge is 0.0846 e. The monoisotopic (exact) mass is 364 g/mol. The number of rotatable bonds is 10. The summed E-state index contributed by atoms with van der Waals surface area (Å²) >= 11 is 0. The molecule has 0 aliphatic heterocycles. The first-order valence-corrected chi connectivity index (χ1v) is 11.1. The van der Waals surface area contributed by atoms with E-state index in [1.54, 1.807) is 0 Å². The Hall–Kier alpha value is -1.60. The van der Waals surface area contributed by atoms with Gasteiger partial charge in [0.15, 0.2) is 0 Å². The third-order valence-corrected chi connectivity index (χ3v) is 6.46. The lowest BCUT2D eigenvalue weighted by molar-refractivity contribution is -0.0440. The zero-order valence-corrected chi connectivity index (χ0v) is 17.2. The minimum absolute atomic E-state index is 0.120. The van der Waals surface area contributed by atoms with Crippen molar-refractivity contribution in [1.29, 1.82) is 0 Å². The average Bonchev–Trinajstić information content (AvgIpc) is 2.68. The maximum atomic E-state index is 11.1. The van der Waals surface area contributed by atoms with E-state index < -0.39 is 0 Å². The van der Waals surface area contributed by atoms with Crippen molar-refractivity contribution in [2.45, 2.75) is 84.2 Å². The summed E-state index contributed by atoms with van der Waals surface area (Å²) < 4.78 is 0. The molecule has 0 spiro atoms. The van der Waals surface area contributed by atoms with Gasteiger partial charge >= 0.3 is 0 Å². The van der Waals surface area contributed by atoms with Gasteiger partial charge in [-0.15, -0.1) is 0 Å². The minimum Gasteiger partial charge on any atom is -0.388 e. The quantitative estimate of drug-likeness (QED) is 0.433. The molecule has 0 saturated heterocycles. The number of aliphatic hydroxyl groups is 1. The Kier molecular flexibility index (Phi) is 7.13. The molecule has 0 bridgehead atoms. The number of unbranched alkanes of at least 4 members (excludes halogenated alkanes) is 3. The van der Waals surface area contributed by atoms with Gasteiger partial charge in [-0.3, -0.25) is 0 Å². The maximum Gasteiger partial charge on any atom is 0.0846 e. The molecule has 2 aromatic rings. The number of aryl methyl sites for hydroxylation is 1. The number of hydrogen-bond donors (Lipinski definition) is 1. The van der Waals surface area contributed by atoms with Crippen LogP contribution in [0.25, 0.3) is 11.1 Å². The largest absolute Gasteiger partial charge is 0.388 e. The van der Waals surface area contributed by atoms with E-state index in [0.29, 0.717) is 0 Å². The van der Waals surface area contributed by atoms with E-state index in [9.17, 15) is 5.11 Å². The molecule has 1 fully saturated rings. The standard InChI is InChI=1S/C26H36O/c1-3-5-6-7-11-21-12-8-13-22(19-21)23-14-9-15-24(20-23)25(27)26(16-4-2)17-10-18-26/h8-9,12-15,19-20,25,27H,3-7,10-11,16-18H2,1-2H3. The molecule has 3 rings (SSSR count). The Morgan fingerprint density at radius 1 is 0.889 bits per heavy atom. The summed E-state index contributed by atoms with van der Waals surface area (Å²) in [4.78, 5) is 0. The highest BCUT2D eigenvalue weighted by Crippen LogP contribution is 2.53. The van der Waals surface area contributed by atoms with Gasteiger partial charge in [0.05, 0.1) is 6.10 Å². The summed E-state index contributed by atoms with van der Waals surface area (Å²) in [5.41, 5.74) is 5.14. The SMILES string of the molecule is CCCCCCc1cccc(-c2cccc(C(O)C3(CCC)CCC3)c2)c1. The van der Waals surface area contributed by atoms with Gasteiger partial charge in [0.25, 0.3) is 0 Å². The molecule has 0 radical (unpaired) electrons. The lowest BCUT2D eigenvalue weighted by atomic mass is 9.61. The van der Waals surface area contributed by atoms with Crippen LogP contribution in [0.3, 0.4) is 0 Å². The molecule has 1 N–H and O–H groups in total. The second kappa shape index (κ2) is 9.55. The van der Waals surface area contributed by atoms with Crippen molar-refractivity contribution in [3.8, 4) is 11.1 Å². The normalized spacial score (nSPS) is 16.7. The van der Waals surface area contributed by atoms with E-state index in [2.05, 4.69) is 62.4 Å². The zero-order chi connectivity index (χ0) is 19.1. The van der Waals surface area contributed by atoms with Crippen LogP contribution in [0.15, 0.2) is 48.5 Å². The second-order valence-electron chi connectivity index (χ2n) is 8.50. The molecular formula is C26H36O. The second-order valence-corrected chi connectivity index (χ2v) is 8.50. The Balaban J connectivity index is 1.75. The molecule has 1 nitrogen and oxygen atoms in total. The van der Waals surface area contributed by atoms with Crippen LogP contribution in [0.4, 0.5) is 0 Å². The summed E-state index contributed by atoms with van der Waals surface area (Å²) in [5.74, 6) is 0. The van der Waals surface area contributed by atoms with Gasteiger partial charge in [0, 0.05) is 5.41 Å². The first kappa shape index (κ1) is 20.1. The average molecular weight is 365 g/mol. The zero-order valence-electron chi connectivity index (χ0n) is 17.2. The molecule has 0 amide bonds. The number of hydrogen-bond acceptors (Lipinski definition) is 1. The molecule has 1 aliphatic carbocycles. The minimum atomic E-state index is -0.330. The highest BCUT2D eigenvalue weighted by Gasteiger charge is 2.43. The third kappa shape index (κ3) is 4.82. The van der Waals surface area contributed by atoms with Crippen molar-refractivity contribution in [2.24, 2.45) is 5.41 Å². The van der Waals surface area contributed by atoms with Gasteiger partial charge in [-0.05, 0) is 60.4 Å². The van der Waals surface area contributed by atoms with Crippen LogP contribution < -0.4 is 0 Å². The number of benzene rings is 2. The lowest BCUT2D eigenvalue weighted by Crippen LogP contribution is -2.35. The fraction of sp³-hybridized carbons (Fsp3) is 0.538. The predicted molar refractivity (Wildman–Crippen MR) is 116 cm³/mol. The molecule has 1 heteroatoms. The lowest BCUT2D eigenvalue weighted by Gasteiger charge is -2.46. The van der Waals surface area contributed by atoms with Crippen LogP contribution in [-0.2, 0) is 6.42 Å². The van der Waals surface area contributed by atoms with E-state index >= 15 is 0 Å². The van der Waals surface area contributed by atoms with Crippen molar-refractivity contribution in [1.82, 2.24) is 0 Å². The van der Waals surface area contributed by atoms with Gasteiger partial charge in [-0.25, -0.2) is 0 Å². The molecule has 27 heavy (non-hydrogen) atoms. The fourth-order valence-electron chi connectivity index (χ4n) is 4.69. The number of aliphatic hydroxyl groups excluding tert-OH is 1. The predicted octanol–water partition coefficient (Wildman–Crippen LogP) is 7.48. The molecule has 0 aromatic heterocycles. The first-order chi connectivity index (χ1) is 13.2. The molecule has 1 unspecified atom stereocenters. The topological polar surface area (TPSA) is 20.2 Å². The van der Waals surface area contributed by atoms with Crippen molar-refractivity contribution >= 4 is 0 Å². The first-order valence-electron chi connectivity index (χ1n) is 11.1. The van der Waals surface area contributed by atoms with Crippen LogP contribution in [0.2, 0.25) is 0 Å². The van der Waals surface area contributed by atoms with Gasteiger partial charge in [0.2, 0.25) is 0 Å². The molecule has 146 valence electrons. The van der Waals surface area contributed by atoms with Crippen molar-refractivity contribution in [3.05, 3.63) is 59.7 Å². The van der Waals surface area contributed by atoms with Crippen LogP contribution in [-0.4, -0.2) is 5.11 Å². The van der Waals surface area contributed by atoms with E-state index in [1.807, 2.05) is 0 Å². The van der Waals surface area contributed by atoms with Gasteiger partial charge in [-0.2, -0.15) is 0 Å². The Morgan fingerprint density at radius 2 is 1.63 bits per heavy atom. The molecule has 1 atom stereocenters. The van der Waals surface area contributed by atoms with Crippen molar-refractivity contribution < 1.29 is 5.11 Å². The van der Waals surface area contributed by atoms with Gasteiger partial charge in [-0.1, -0.05) is 88.4 Å². The Morgan fingerprint density at radius 3 is 2.30 bits per heavy atom. The van der Waals surface area contributed by atoms with E-state index in [-0.39, 0.29) is 11.5 Å².